The first kappa shape index (κ1) is 18.7. The van der Waals surface area contributed by atoms with Gasteiger partial charge in [0.15, 0.2) is 0 Å². The first-order chi connectivity index (χ1) is 14.2. The molecule has 9 heteroatoms. The molecule has 2 aromatic carbocycles. The third kappa shape index (κ3) is 3.35. The van der Waals surface area contributed by atoms with E-state index in [1.165, 1.54) is 11.0 Å². The number of aromatic nitrogens is 3. The molecule has 2 aliphatic heterocycles. The second kappa shape index (κ2) is 7.52. The second-order valence-electron chi connectivity index (χ2n) is 7.09. The van der Waals surface area contributed by atoms with Crippen LogP contribution in [0.4, 0.5) is 0 Å². The molecule has 0 bridgehead atoms. The molecule has 0 spiro atoms. The summed E-state index contributed by atoms with van der Waals surface area (Å²) >= 11 is -3.81. The molecule has 3 heterocycles. The van der Waals surface area contributed by atoms with E-state index >= 15 is 0 Å². The van der Waals surface area contributed by atoms with Crippen LogP contribution in [0.1, 0.15) is 23.3 Å². The number of benzene rings is 2. The predicted octanol–water partition coefficient (Wildman–Crippen LogP) is 0.336. The van der Waals surface area contributed by atoms with E-state index in [1.54, 1.807) is 0 Å². The van der Waals surface area contributed by atoms with Crippen LogP contribution in [0.3, 0.4) is 0 Å². The van der Waals surface area contributed by atoms with Gasteiger partial charge in [0.1, 0.15) is 0 Å². The molecular formula is C20H20N4O4Sn. The molecule has 0 unspecified atom stereocenters. The van der Waals surface area contributed by atoms with Crippen LogP contribution < -0.4 is 12.9 Å². The molecule has 0 aliphatic carbocycles. The van der Waals surface area contributed by atoms with Crippen LogP contribution in [-0.2, 0) is 10.9 Å². The van der Waals surface area contributed by atoms with Gasteiger partial charge in [-0.3, -0.25) is 0 Å². The Labute approximate surface area is 172 Å². The maximum absolute atomic E-state index is 11.3. The topological polar surface area (TPSA) is 101 Å². The summed E-state index contributed by atoms with van der Waals surface area (Å²) in [4.78, 5) is 15.2. The van der Waals surface area contributed by atoms with Gasteiger partial charge in [-0.2, -0.15) is 0 Å². The standard InChI is InChI=1S/C8H10N4O4.2C6H5.Sn/c9-7(15)8-10-3-12(11-8)6-1-4(14)5(2-13)16-6;2*1-2-4-6-5-3-1;/h3-6H,1-2H2,(H2,9,15);2*1-5H;/q-2;;;+2/t4-,5+,6-;;;/m0.../s1. The van der Waals surface area contributed by atoms with E-state index in [1.807, 2.05) is 36.4 Å². The zero-order chi connectivity index (χ0) is 19.8. The van der Waals surface area contributed by atoms with Crippen LogP contribution in [0, 0.1) is 0 Å². The molecule has 5 rings (SSSR count). The number of amides is 1. The van der Waals surface area contributed by atoms with Crippen LogP contribution in [0.5, 0.6) is 0 Å². The normalized spacial score (nSPS) is 25.4. The van der Waals surface area contributed by atoms with Crippen molar-refractivity contribution >= 4 is 32.3 Å². The number of hydrogen-bond donors (Lipinski definition) is 1. The molecule has 1 amide bonds. The fourth-order valence-corrected chi connectivity index (χ4v) is 13.4. The molecule has 0 radical (unpaired) electrons. The van der Waals surface area contributed by atoms with Crippen molar-refractivity contribution in [3.8, 4) is 0 Å². The van der Waals surface area contributed by atoms with Crippen molar-refractivity contribution in [3.05, 3.63) is 72.8 Å². The van der Waals surface area contributed by atoms with E-state index in [4.69, 9.17) is 16.6 Å². The van der Waals surface area contributed by atoms with Gasteiger partial charge < -0.3 is 0 Å². The Morgan fingerprint density at radius 3 is 2.28 bits per heavy atom. The van der Waals surface area contributed by atoms with Gasteiger partial charge in [-0.25, -0.2) is 0 Å². The molecule has 0 saturated carbocycles. The van der Waals surface area contributed by atoms with Crippen molar-refractivity contribution in [2.24, 2.45) is 5.73 Å². The van der Waals surface area contributed by atoms with Crippen molar-refractivity contribution < 1.29 is 15.7 Å². The average molecular weight is 499 g/mol. The number of nitrogens with two attached hydrogens (primary N) is 1. The van der Waals surface area contributed by atoms with Crippen molar-refractivity contribution in [3.63, 3.8) is 0 Å². The zero-order valence-corrected chi connectivity index (χ0v) is 18.4. The summed E-state index contributed by atoms with van der Waals surface area (Å²) in [6.07, 6.45) is 1.38. The van der Waals surface area contributed by atoms with E-state index in [2.05, 4.69) is 34.3 Å². The molecule has 29 heavy (non-hydrogen) atoms. The number of carbonyl (C=O) groups is 1. The molecule has 8 nitrogen and oxygen atoms in total. The molecule has 2 saturated heterocycles. The molecule has 148 valence electrons. The fraction of sp³-hybridized carbons (Fsp3) is 0.250. The summed E-state index contributed by atoms with van der Waals surface area (Å²) in [7, 11) is 0. The van der Waals surface area contributed by atoms with Gasteiger partial charge in [-0.1, -0.05) is 0 Å². The van der Waals surface area contributed by atoms with Gasteiger partial charge in [0.2, 0.25) is 0 Å². The number of primary amides is 1. The summed E-state index contributed by atoms with van der Waals surface area (Å²) in [5, 5.41) is 4.13. The Hall–Kier alpha value is -2.27. The fourth-order valence-electron chi connectivity index (χ4n) is 3.89. The Kier molecular flexibility index (Phi) is 4.86. The summed E-state index contributed by atoms with van der Waals surface area (Å²) in [5.41, 5.74) is 5.25. The van der Waals surface area contributed by atoms with Crippen LogP contribution in [0.2, 0.25) is 0 Å². The molecule has 2 N–H and O–H groups in total. The number of rotatable bonds is 4. The zero-order valence-electron chi connectivity index (χ0n) is 15.5. The SMILES string of the molecule is NC(=O)c1ncn([C@@H]2C[C@@H]3[O][Sn]([c]4ccccc4)([c]4ccccc4)[O]C[C@H]3O2)n1. The quantitative estimate of drug-likeness (QED) is 0.520. The maximum atomic E-state index is 11.3. The van der Waals surface area contributed by atoms with Gasteiger partial charge >= 0.3 is 173 Å². The Balaban J connectivity index is 1.45. The van der Waals surface area contributed by atoms with E-state index in [9.17, 15) is 4.79 Å². The minimum atomic E-state index is -3.81. The summed E-state index contributed by atoms with van der Waals surface area (Å²) in [6.45, 7) is 0.457. The van der Waals surface area contributed by atoms with E-state index in [0.29, 0.717) is 13.0 Å². The number of nitrogens with zero attached hydrogens (tertiary/aromatic N) is 3. The van der Waals surface area contributed by atoms with Crippen LogP contribution in [0.25, 0.3) is 0 Å². The van der Waals surface area contributed by atoms with E-state index in [0.717, 1.165) is 7.16 Å². The summed E-state index contributed by atoms with van der Waals surface area (Å²) in [5.74, 6) is -0.690. The van der Waals surface area contributed by atoms with Crippen LogP contribution in [-0.4, -0.2) is 58.7 Å². The molecule has 2 fully saturated rings. The average Bonchev–Trinajstić information content (AvgIpc) is 3.41. The predicted molar refractivity (Wildman–Crippen MR) is 106 cm³/mol. The van der Waals surface area contributed by atoms with Crippen molar-refractivity contribution in [1.29, 1.82) is 0 Å². The van der Waals surface area contributed by atoms with Crippen LogP contribution in [0.15, 0.2) is 67.0 Å². The molecule has 1 aromatic heterocycles. The van der Waals surface area contributed by atoms with Crippen molar-refractivity contribution in [1.82, 2.24) is 14.8 Å². The van der Waals surface area contributed by atoms with E-state index in [-0.39, 0.29) is 24.3 Å². The van der Waals surface area contributed by atoms with Gasteiger partial charge in [-0.15, -0.1) is 0 Å². The Morgan fingerprint density at radius 2 is 1.69 bits per heavy atom. The first-order valence-electron chi connectivity index (χ1n) is 9.45. The van der Waals surface area contributed by atoms with Gasteiger partial charge in [-0.05, 0) is 0 Å². The Bertz CT molecular complexity index is 974. The number of ether oxygens (including phenoxy) is 1. The third-order valence-corrected chi connectivity index (χ3v) is 15.0. The second-order valence-corrected chi connectivity index (χ2v) is 15.4. The molecule has 3 aromatic rings. The Morgan fingerprint density at radius 1 is 1.03 bits per heavy atom. The van der Waals surface area contributed by atoms with Crippen molar-refractivity contribution in [2.75, 3.05) is 6.61 Å². The molecule has 3 atom stereocenters. The minimum absolute atomic E-state index is 0.0252. The van der Waals surface area contributed by atoms with Gasteiger partial charge in [0, 0.05) is 0 Å². The number of hydrogen-bond acceptors (Lipinski definition) is 6. The summed E-state index contributed by atoms with van der Waals surface area (Å²) in [6, 6.07) is 20.4. The molecule has 2 aliphatic rings. The monoisotopic (exact) mass is 500 g/mol. The third-order valence-electron chi connectivity index (χ3n) is 5.28. The van der Waals surface area contributed by atoms with Crippen molar-refractivity contribution in [2.45, 2.75) is 24.9 Å². The molecular weight excluding hydrogens is 479 g/mol. The number of fused-ring (bicyclic) bond motifs is 1. The first-order valence-corrected chi connectivity index (χ1v) is 14.6. The van der Waals surface area contributed by atoms with Gasteiger partial charge in [0.05, 0.1) is 0 Å². The van der Waals surface area contributed by atoms with Crippen LogP contribution >= 0.6 is 0 Å². The summed E-state index contributed by atoms with van der Waals surface area (Å²) < 4.78 is 23.2. The van der Waals surface area contributed by atoms with E-state index < -0.39 is 25.1 Å². The number of carbonyl (C=O) groups excluding carboxylic acids is 1. The van der Waals surface area contributed by atoms with Gasteiger partial charge in [0.25, 0.3) is 0 Å².